The van der Waals surface area contributed by atoms with Crippen molar-refractivity contribution in [3.63, 3.8) is 0 Å². The summed E-state index contributed by atoms with van der Waals surface area (Å²) in [6.45, 7) is 0.400. The van der Waals surface area contributed by atoms with E-state index in [1.54, 1.807) is 10.9 Å². The van der Waals surface area contributed by atoms with Crippen LogP contribution in [-0.4, -0.2) is 9.55 Å². The van der Waals surface area contributed by atoms with Crippen LogP contribution in [0.5, 0.6) is 0 Å². The first kappa shape index (κ1) is 16.5. The molecule has 0 unspecified atom stereocenters. The smallest absolute Gasteiger partial charge is 0.263 e. The molecule has 4 aromatic rings. The van der Waals surface area contributed by atoms with Gasteiger partial charge in [0.15, 0.2) is 0 Å². The van der Waals surface area contributed by atoms with Gasteiger partial charge in [-0.05, 0) is 29.3 Å². The zero-order valence-electron chi connectivity index (χ0n) is 12.9. The summed E-state index contributed by atoms with van der Waals surface area (Å²) in [5, 5.41) is 3.29. The average molecular weight is 432 g/mol. The summed E-state index contributed by atoms with van der Waals surface area (Å²) in [7, 11) is 0. The van der Waals surface area contributed by atoms with Gasteiger partial charge in [0.1, 0.15) is 4.83 Å². The number of halogens is 2. The van der Waals surface area contributed by atoms with Crippen LogP contribution >= 0.6 is 38.9 Å². The molecule has 3 nitrogen and oxygen atoms in total. The number of hydrogen-bond donors (Lipinski definition) is 0. The lowest BCUT2D eigenvalue weighted by atomic mass is 10.1. The Morgan fingerprint density at radius 2 is 1.88 bits per heavy atom. The zero-order chi connectivity index (χ0) is 17.4. The van der Waals surface area contributed by atoms with Crippen LogP contribution in [0.2, 0.25) is 5.02 Å². The second kappa shape index (κ2) is 6.75. The lowest BCUT2D eigenvalue weighted by molar-refractivity contribution is 0.750. The fourth-order valence-electron chi connectivity index (χ4n) is 2.73. The molecule has 0 spiro atoms. The quantitative estimate of drug-likeness (QED) is 0.424. The molecule has 6 heteroatoms. The molecule has 0 amide bonds. The lowest BCUT2D eigenvalue weighted by Crippen LogP contribution is -2.21. The minimum Gasteiger partial charge on any atom is -0.294 e. The predicted molar refractivity (Wildman–Crippen MR) is 108 cm³/mol. The van der Waals surface area contributed by atoms with Crippen LogP contribution in [0.15, 0.2) is 69.5 Å². The van der Waals surface area contributed by atoms with Crippen LogP contribution < -0.4 is 5.56 Å². The van der Waals surface area contributed by atoms with Crippen LogP contribution in [0, 0.1) is 0 Å². The second-order valence-electron chi connectivity index (χ2n) is 5.61. The Morgan fingerprint density at radius 3 is 2.64 bits per heavy atom. The zero-order valence-corrected chi connectivity index (χ0v) is 16.1. The van der Waals surface area contributed by atoms with E-state index in [0.29, 0.717) is 17.0 Å². The molecule has 0 saturated heterocycles. The molecule has 2 aromatic carbocycles. The molecule has 0 bridgehead atoms. The number of benzene rings is 2. The van der Waals surface area contributed by atoms with Crippen molar-refractivity contribution in [3.05, 3.63) is 85.7 Å². The number of aromatic nitrogens is 2. The van der Waals surface area contributed by atoms with Crippen molar-refractivity contribution in [3.8, 4) is 11.1 Å². The molecule has 0 atom stereocenters. The Labute approximate surface area is 161 Å². The molecule has 0 saturated carbocycles. The minimum absolute atomic E-state index is 0.0518. The highest BCUT2D eigenvalue weighted by molar-refractivity contribution is 9.10. The Bertz CT molecular complexity index is 1120. The highest BCUT2D eigenvalue weighted by Crippen LogP contribution is 2.31. The predicted octanol–water partition coefficient (Wildman–Crippen LogP) is 5.59. The van der Waals surface area contributed by atoms with E-state index in [9.17, 15) is 4.79 Å². The maximum Gasteiger partial charge on any atom is 0.263 e. The molecule has 0 radical (unpaired) electrons. The van der Waals surface area contributed by atoms with Gasteiger partial charge in [0, 0.05) is 20.4 Å². The number of thiophene rings is 1. The maximum absolute atomic E-state index is 13.0. The largest absolute Gasteiger partial charge is 0.294 e. The molecule has 2 aromatic heterocycles. The lowest BCUT2D eigenvalue weighted by Gasteiger charge is -2.08. The average Bonchev–Trinajstić information content (AvgIpc) is 3.05. The Kier molecular flexibility index (Phi) is 4.46. The first-order valence-corrected chi connectivity index (χ1v) is 9.64. The Balaban J connectivity index is 1.85. The third-order valence-corrected chi connectivity index (χ3v) is 5.80. The van der Waals surface area contributed by atoms with Crippen molar-refractivity contribution in [1.82, 2.24) is 9.55 Å². The molecule has 2 heterocycles. The van der Waals surface area contributed by atoms with Gasteiger partial charge in [0.2, 0.25) is 0 Å². The van der Waals surface area contributed by atoms with Gasteiger partial charge in [-0.15, -0.1) is 11.3 Å². The van der Waals surface area contributed by atoms with Crippen LogP contribution in [-0.2, 0) is 6.54 Å². The van der Waals surface area contributed by atoms with Gasteiger partial charge in [0.25, 0.3) is 5.56 Å². The first-order valence-electron chi connectivity index (χ1n) is 7.59. The summed E-state index contributed by atoms with van der Waals surface area (Å²) in [6, 6.07) is 15.5. The van der Waals surface area contributed by atoms with E-state index in [0.717, 1.165) is 26.0 Å². The first-order chi connectivity index (χ1) is 12.1. The number of fused-ring (bicyclic) bond motifs is 1. The summed E-state index contributed by atoms with van der Waals surface area (Å²) in [6.07, 6.45) is 1.59. The van der Waals surface area contributed by atoms with Gasteiger partial charge in [-0.3, -0.25) is 9.36 Å². The van der Waals surface area contributed by atoms with Gasteiger partial charge in [-0.25, -0.2) is 4.98 Å². The molecular weight excluding hydrogens is 420 g/mol. The molecule has 124 valence electrons. The van der Waals surface area contributed by atoms with Crippen molar-refractivity contribution >= 4 is 49.1 Å². The molecule has 4 rings (SSSR count). The van der Waals surface area contributed by atoms with E-state index in [4.69, 9.17) is 11.6 Å². The van der Waals surface area contributed by atoms with Crippen molar-refractivity contribution in [2.24, 2.45) is 0 Å². The van der Waals surface area contributed by atoms with Gasteiger partial charge in [-0.2, -0.15) is 0 Å². The van der Waals surface area contributed by atoms with E-state index in [2.05, 4.69) is 20.9 Å². The van der Waals surface area contributed by atoms with E-state index < -0.39 is 0 Å². The minimum atomic E-state index is -0.0518. The van der Waals surface area contributed by atoms with Gasteiger partial charge in [0.05, 0.1) is 18.3 Å². The summed E-state index contributed by atoms with van der Waals surface area (Å²) in [5.41, 5.74) is 2.76. The molecular formula is C19H12BrClN2OS. The van der Waals surface area contributed by atoms with Crippen molar-refractivity contribution < 1.29 is 0 Å². The highest BCUT2D eigenvalue weighted by atomic mass is 79.9. The van der Waals surface area contributed by atoms with Crippen LogP contribution in [0.3, 0.4) is 0 Å². The summed E-state index contributed by atoms with van der Waals surface area (Å²) >= 11 is 11.2. The SMILES string of the molecule is O=c1c2c(-c3ccc(Br)cc3)csc2ncn1Cc1ccccc1Cl. The van der Waals surface area contributed by atoms with Crippen molar-refractivity contribution in [1.29, 1.82) is 0 Å². The second-order valence-corrected chi connectivity index (χ2v) is 7.79. The molecule has 0 fully saturated rings. The Morgan fingerprint density at radius 1 is 1.12 bits per heavy atom. The standard InChI is InChI=1S/C19H12BrClN2OS/c20-14-7-5-12(6-8-14)15-10-25-18-17(15)19(24)23(11-22-18)9-13-3-1-2-4-16(13)21/h1-8,10-11H,9H2. The maximum atomic E-state index is 13.0. The summed E-state index contributed by atoms with van der Waals surface area (Å²) in [4.78, 5) is 18.3. The number of rotatable bonds is 3. The third-order valence-electron chi connectivity index (χ3n) is 4.01. The molecule has 0 aliphatic carbocycles. The van der Waals surface area contributed by atoms with E-state index in [-0.39, 0.29) is 5.56 Å². The normalized spacial score (nSPS) is 11.1. The summed E-state index contributed by atoms with van der Waals surface area (Å²) < 4.78 is 2.61. The van der Waals surface area contributed by atoms with Gasteiger partial charge >= 0.3 is 0 Å². The number of nitrogens with zero attached hydrogens (tertiary/aromatic N) is 2. The molecule has 0 N–H and O–H groups in total. The van der Waals surface area contributed by atoms with Crippen LogP contribution in [0.25, 0.3) is 21.3 Å². The highest BCUT2D eigenvalue weighted by Gasteiger charge is 2.14. The monoisotopic (exact) mass is 430 g/mol. The van der Waals surface area contributed by atoms with Gasteiger partial charge in [-0.1, -0.05) is 57.9 Å². The molecule has 0 aliphatic rings. The Hall–Kier alpha value is -1.95. The third kappa shape index (κ3) is 3.15. The van der Waals surface area contributed by atoms with Crippen molar-refractivity contribution in [2.45, 2.75) is 6.54 Å². The van der Waals surface area contributed by atoms with Crippen LogP contribution in [0.1, 0.15) is 5.56 Å². The van der Waals surface area contributed by atoms with E-state index in [1.807, 2.05) is 53.9 Å². The number of hydrogen-bond acceptors (Lipinski definition) is 3. The van der Waals surface area contributed by atoms with E-state index >= 15 is 0 Å². The van der Waals surface area contributed by atoms with E-state index in [1.165, 1.54) is 11.3 Å². The van der Waals surface area contributed by atoms with Crippen molar-refractivity contribution in [2.75, 3.05) is 0 Å². The topological polar surface area (TPSA) is 34.9 Å². The van der Waals surface area contributed by atoms with Crippen LogP contribution in [0.4, 0.5) is 0 Å². The molecule has 0 aliphatic heterocycles. The fraction of sp³-hybridized carbons (Fsp3) is 0.0526. The molecule has 25 heavy (non-hydrogen) atoms. The summed E-state index contributed by atoms with van der Waals surface area (Å²) in [5.74, 6) is 0. The van der Waals surface area contributed by atoms with Gasteiger partial charge < -0.3 is 0 Å². The fourth-order valence-corrected chi connectivity index (χ4v) is 4.10.